The number of aromatic nitrogens is 4. The Morgan fingerprint density at radius 1 is 0.923 bits per heavy atom. The Labute approximate surface area is 81.2 Å². The second-order valence-electron chi connectivity index (χ2n) is 1.95. The molecular formula is C6H11ClN6. The molecule has 6 nitrogen and oxygen atoms in total. The Bertz CT molecular complexity index is 257. The topological polar surface area (TPSA) is 109 Å². The molecule has 7 heteroatoms. The molecule has 0 spiro atoms. The quantitative estimate of drug-likeness (QED) is 0.496. The zero-order valence-corrected chi connectivity index (χ0v) is 7.58. The van der Waals surface area contributed by atoms with Gasteiger partial charge in [-0.15, -0.1) is 12.4 Å². The van der Waals surface area contributed by atoms with Gasteiger partial charge in [-0.1, -0.05) is 0 Å². The molecule has 0 atom stereocenters. The van der Waals surface area contributed by atoms with Crippen LogP contribution in [0.5, 0.6) is 0 Å². The summed E-state index contributed by atoms with van der Waals surface area (Å²) in [6.45, 7) is 0. The number of hydrogen-bond donors (Lipinski definition) is 4. The van der Waals surface area contributed by atoms with E-state index < -0.39 is 0 Å². The van der Waals surface area contributed by atoms with E-state index in [1.165, 1.54) is 0 Å². The summed E-state index contributed by atoms with van der Waals surface area (Å²) < 4.78 is 0. The summed E-state index contributed by atoms with van der Waals surface area (Å²) in [4.78, 5) is 12.6. The van der Waals surface area contributed by atoms with Gasteiger partial charge in [-0.3, -0.25) is 0 Å². The zero-order valence-electron chi connectivity index (χ0n) is 6.77. The molecule has 6 N–H and O–H groups in total. The van der Waals surface area contributed by atoms with Crippen molar-refractivity contribution in [1.82, 2.24) is 19.9 Å². The molecule has 0 saturated carbocycles. The van der Waals surface area contributed by atoms with Crippen LogP contribution in [0.2, 0.25) is 0 Å². The van der Waals surface area contributed by atoms with Crippen LogP contribution in [-0.2, 0) is 0 Å². The van der Waals surface area contributed by atoms with Crippen LogP contribution in [0.3, 0.4) is 0 Å². The molecule has 2 rings (SSSR count). The van der Waals surface area contributed by atoms with Gasteiger partial charge in [0.2, 0.25) is 0 Å². The van der Waals surface area contributed by atoms with Crippen molar-refractivity contribution in [1.29, 1.82) is 0 Å². The Kier molecular flexibility index (Phi) is 5.13. The molecule has 0 radical (unpaired) electrons. The number of nitrogens with one attached hydrogen (secondary N) is 2. The third-order valence-electron chi connectivity index (χ3n) is 1.04. The van der Waals surface area contributed by atoms with Gasteiger partial charge in [0, 0.05) is 24.8 Å². The van der Waals surface area contributed by atoms with Crippen molar-refractivity contribution in [3.05, 3.63) is 24.8 Å². The molecule has 72 valence electrons. The van der Waals surface area contributed by atoms with Crippen LogP contribution in [0.4, 0.5) is 11.9 Å². The fraction of sp³-hybridized carbons (Fsp3) is 0. The van der Waals surface area contributed by atoms with Crippen molar-refractivity contribution in [3.63, 3.8) is 0 Å². The third kappa shape index (κ3) is 4.70. The van der Waals surface area contributed by atoms with E-state index in [1.807, 2.05) is 0 Å². The number of aromatic amines is 2. The van der Waals surface area contributed by atoms with Crippen LogP contribution in [-0.4, -0.2) is 19.9 Å². The van der Waals surface area contributed by atoms with Gasteiger partial charge in [-0.05, 0) is 0 Å². The molecule has 0 aliphatic carbocycles. The predicted octanol–water partition coefficient (Wildman–Crippen LogP) is 0.406. The molecule has 2 aromatic rings. The zero-order chi connectivity index (χ0) is 8.81. The second-order valence-corrected chi connectivity index (χ2v) is 1.95. The van der Waals surface area contributed by atoms with E-state index in [0.717, 1.165) is 0 Å². The normalized spacial score (nSPS) is 8.00. The van der Waals surface area contributed by atoms with E-state index in [2.05, 4.69) is 19.9 Å². The molecule has 0 aromatic carbocycles. The van der Waals surface area contributed by atoms with E-state index in [4.69, 9.17) is 11.5 Å². The van der Waals surface area contributed by atoms with Crippen LogP contribution in [0, 0.1) is 0 Å². The maximum atomic E-state index is 5.11. The molecule has 0 aliphatic rings. The molecule has 0 saturated heterocycles. The maximum Gasteiger partial charge on any atom is 0.197 e. The summed E-state index contributed by atoms with van der Waals surface area (Å²) in [5.74, 6) is 0.935. The van der Waals surface area contributed by atoms with Crippen molar-refractivity contribution in [2.75, 3.05) is 11.5 Å². The fourth-order valence-corrected chi connectivity index (χ4v) is 0.555. The highest BCUT2D eigenvalue weighted by Gasteiger charge is 1.74. The number of nitrogens with two attached hydrogens (primary N) is 2. The molecule has 0 bridgehead atoms. The Hall–Kier alpha value is -1.69. The summed E-state index contributed by atoms with van der Waals surface area (Å²) in [5, 5.41) is 0. The van der Waals surface area contributed by atoms with Gasteiger partial charge < -0.3 is 21.4 Å². The molecule has 2 heterocycles. The van der Waals surface area contributed by atoms with Crippen LogP contribution in [0.1, 0.15) is 0 Å². The first kappa shape index (κ1) is 11.3. The van der Waals surface area contributed by atoms with E-state index in [9.17, 15) is 0 Å². The lowest BCUT2D eigenvalue weighted by molar-refractivity contribution is 1.33. The number of rotatable bonds is 0. The van der Waals surface area contributed by atoms with Crippen LogP contribution < -0.4 is 11.5 Å². The third-order valence-corrected chi connectivity index (χ3v) is 1.04. The lowest BCUT2D eigenvalue weighted by atomic mass is 11.0. The minimum Gasteiger partial charge on any atom is -0.369 e. The minimum absolute atomic E-state index is 0. The lowest BCUT2D eigenvalue weighted by Crippen LogP contribution is -1.83. The van der Waals surface area contributed by atoms with E-state index in [0.29, 0.717) is 11.9 Å². The lowest BCUT2D eigenvalue weighted by Gasteiger charge is -1.70. The summed E-state index contributed by atoms with van der Waals surface area (Å²) in [6, 6.07) is 0. The Balaban J connectivity index is 0.000000206. The van der Waals surface area contributed by atoms with Gasteiger partial charge in [0.25, 0.3) is 0 Å². The molecular weight excluding hydrogens is 192 g/mol. The van der Waals surface area contributed by atoms with Crippen molar-refractivity contribution < 1.29 is 0 Å². The smallest absolute Gasteiger partial charge is 0.197 e. The van der Waals surface area contributed by atoms with E-state index in [1.54, 1.807) is 24.8 Å². The van der Waals surface area contributed by atoms with Crippen LogP contribution >= 0.6 is 12.4 Å². The minimum atomic E-state index is 0. The summed E-state index contributed by atoms with van der Waals surface area (Å²) in [6.07, 6.45) is 6.56. The summed E-state index contributed by atoms with van der Waals surface area (Å²) >= 11 is 0. The van der Waals surface area contributed by atoms with Crippen molar-refractivity contribution in [3.8, 4) is 0 Å². The number of hydrogen-bond acceptors (Lipinski definition) is 4. The molecule has 0 unspecified atom stereocenters. The number of nitrogen functional groups attached to an aromatic ring is 2. The molecule has 0 amide bonds. The summed E-state index contributed by atoms with van der Waals surface area (Å²) in [5.41, 5.74) is 10.2. The largest absolute Gasteiger partial charge is 0.369 e. The average molecular weight is 203 g/mol. The van der Waals surface area contributed by atoms with Crippen LogP contribution in [0.15, 0.2) is 24.8 Å². The highest BCUT2D eigenvalue weighted by Crippen LogP contribution is 1.82. The van der Waals surface area contributed by atoms with Crippen molar-refractivity contribution >= 4 is 24.3 Å². The Morgan fingerprint density at radius 3 is 1.38 bits per heavy atom. The second kappa shape index (κ2) is 5.90. The first-order valence-corrected chi connectivity index (χ1v) is 3.28. The standard InChI is InChI=1S/2C3H5N3.ClH/c2*4-3-5-1-2-6-3;/h2*1-2H,(H3,4,5,6);1H. The highest BCUT2D eigenvalue weighted by atomic mass is 35.5. The number of nitrogens with zero attached hydrogens (tertiary/aromatic N) is 2. The van der Waals surface area contributed by atoms with Gasteiger partial charge in [0.1, 0.15) is 0 Å². The van der Waals surface area contributed by atoms with Gasteiger partial charge in [0.15, 0.2) is 11.9 Å². The number of imidazole rings is 2. The Morgan fingerprint density at radius 2 is 1.31 bits per heavy atom. The predicted molar refractivity (Wildman–Crippen MR) is 53.2 cm³/mol. The van der Waals surface area contributed by atoms with Crippen LogP contribution in [0.25, 0.3) is 0 Å². The molecule has 0 aliphatic heterocycles. The first-order valence-electron chi connectivity index (χ1n) is 3.28. The van der Waals surface area contributed by atoms with Crippen molar-refractivity contribution in [2.24, 2.45) is 0 Å². The van der Waals surface area contributed by atoms with Gasteiger partial charge in [0.05, 0.1) is 0 Å². The highest BCUT2D eigenvalue weighted by molar-refractivity contribution is 5.85. The number of H-pyrrole nitrogens is 2. The van der Waals surface area contributed by atoms with Gasteiger partial charge >= 0.3 is 0 Å². The van der Waals surface area contributed by atoms with E-state index in [-0.39, 0.29) is 12.4 Å². The average Bonchev–Trinajstić information content (AvgIpc) is 2.63. The molecule has 0 fully saturated rings. The number of halogens is 1. The van der Waals surface area contributed by atoms with Crippen molar-refractivity contribution in [2.45, 2.75) is 0 Å². The maximum absolute atomic E-state index is 5.11. The molecule has 2 aromatic heterocycles. The SMILES string of the molecule is Cl.Nc1ncc[nH]1.Nc1ncc[nH]1. The molecule has 13 heavy (non-hydrogen) atoms. The number of anilines is 2. The summed E-state index contributed by atoms with van der Waals surface area (Å²) in [7, 11) is 0. The van der Waals surface area contributed by atoms with E-state index >= 15 is 0 Å². The monoisotopic (exact) mass is 202 g/mol. The fourth-order valence-electron chi connectivity index (χ4n) is 0.555. The van der Waals surface area contributed by atoms with Gasteiger partial charge in [-0.25, -0.2) is 9.97 Å². The van der Waals surface area contributed by atoms with Gasteiger partial charge in [-0.2, -0.15) is 0 Å². The first-order chi connectivity index (χ1) is 5.79.